The molecule has 22 heavy (non-hydrogen) atoms. The molecule has 1 amide bonds. The van der Waals surface area contributed by atoms with Crippen molar-refractivity contribution in [2.75, 3.05) is 26.7 Å². The molecule has 3 N–H and O–H groups in total. The number of furan rings is 1. The summed E-state index contributed by atoms with van der Waals surface area (Å²) in [7, 11) is 1.74. The lowest BCUT2D eigenvalue weighted by Crippen LogP contribution is -2.41. The highest BCUT2D eigenvalue weighted by Crippen LogP contribution is 2.04. The quantitative estimate of drug-likeness (QED) is 0.370. The van der Waals surface area contributed by atoms with Crippen LogP contribution in [0.25, 0.3) is 0 Å². The molecule has 0 aliphatic rings. The van der Waals surface area contributed by atoms with Gasteiger partial charge in [0.2, 0.25) is 0 Å². The Hall–Kier alpha value is -1.98. The minimum Gasteiger partial charge on any atom is -0.459 e. The first kappa shape index (κ1) is 18.1. The van der Waals surface area contributed by atoms with Crippen LogP contribution in [0.15, 0.2) is 27.8 Å². The summed E-state index contributed by atoms with van der Waals surface area (Å²) in [5.74, 6) is 1.64. The lowest BCUT2D eigenvalue weighted by Gasteiger charge is -2.12. The van der Waals surface area contributed by atoms with Gasteiger partial charge in [-0.25, -0.2) is 0 Å². The molecule has 0 aliphatic carbocycles. The molecule has 1 aromatic heterocycles. The monoisotopic (exact) mass is 308 g/mol. The summed E-state index contributed by atoms with van der Waals surface area (Å²) in [6.45, 7) is 6.51. The summed E-state index contributed by atoms with van der Waals surface area (Å²) >= 11 is 0. The Morgan fingerprint density at radius 2 is 1.91 bits per heavy atom. The van der Waals surface area contributed by atoms with Gasteiger partial charge in [-0.3, -0.25) is 9.79 Å². The molecule has 0 fully saturated rings. The third-order valence-electron chi connectivity index (χ3n) is 3.17. The summed E-state index contributed by atoms with van der Waals surface area (Å²) in [6.07, 6.45) is 5.10. The number of nitrogens with one attached hydrogen (secondary N) is 3. The second-order valence-electron chi connectivity index (χ2n) is 5.55. The van der Waals surface area contributed by atoms with Crippen LogP contribution in [0.2, 0.25) is 0 Å². The van der Waals surface area contributed by atoms with E-state index in [1.807, 2.05) is 0 Å². The Bertz CT molecular complexity index is 441. The first-order chi connectivity index (χ1) is 10.6. The van der Waals surface area contributed by atoms with Gasteiger partial charge in [0.15, 0.2) is 11.7 Å². The molecule has 0 saturated carbocycles. The topological polar surface area (TPSA) is 78.7 Å². The summed E-state index contributed by atoms with van der Waals surface area (Å²) in [4.78, 5) is 15.8. The van der Waals surface area contributed by atoms with E-state index in [1.165, 1.54) is 19.1 Å². The number of carbonyl (C=O) groups excluding carboxylic acids is 1. The van der Waals surface area contributed by atoms with Crippen molar-refractivity contribution in [2.24, 2.45) is 10.9 Å². The highest BCUT2D eigenvalue weighted by molar-refractivity contribution is 5.91. The highest BCUT2D eigenvalue weighted by atomic mass is 16.3. The average Bonchev–Trinajstić information content (AvgIpc) is 3.02. The van der Waals surface area contributed by atoms with E-state index < -0.39 is 0 Å². The summed E-state index contributed by atoms with van der Waals surface area (Å²) in [5.41, 5.74) is 0. The zero-order valence-electron chi connectivity index (χ0n) is 13.8. The minimum absolute atomic E-state index is 0.205. The van der Waals surface area contributed by atoms with Gasteiger partial charge in [0, 0.05) is 26.7 Å². The van der Waals surface area contributed by atoms with Gasteiger partial charge in [-0.15, -0.1) is 0 Å². The molecular weight excluding hydrogens is 280 g/mol. The largest absolute Gasteiger partial charge is 0.459 e. The van der Waals surface area contributed by atoms with E-state index in [2.05, 4.69) is 34.8 Å². The first-order valence-electron chi connectivity index (χ1n) is 7.89. The van der Waals surface area contributed by atoms with E-state index in [9.17, 15) is 4.79 Å². The lowest BCUT2D eigenvalue weighted by molar-refractivity contribution is 0.0926. The number of hydrogen-bond acceptors (Lipinski definition) is 3. The van der Waals surface area contributed by atoms with Crippen LogP contribution in [0, 0.1) is 5.92 Å². The molecule has 0 radical (unpaired) electrons. The van der Waals surface area contributed by atoms with Crippen LogP contribution in [-0.4, -0.2) is 38.5 Å². The Morgan fingerprint density at radius 1 is 1.18 bits per heavy atom. The maximum absolute atomic E-state index is 11.6. The second kappa shape index (κ2) is 10.7. The van der Waals surface area contributed by atoms with E-state index in [0.29, 0.717) is 18.8 Å². The van der Waals surface area contributed by atoms with Crippen molar-refractivity contribution in [3.8, 4) is 0 Å². The predicted octanol–water partition coefficient (Wildman–Crippen LogP) is 2.00. The zero-order chi connectivity index (χ0) is 16.2. The van der Waals surface area contributed by atoms with Crippen LogP contribution in [-0.2, 0) is 0 Å². The molecule has 0 atom stereocenters. The predicted molar refractivity (Wildman–Crippen MR) is 89.1 cm³/mol. The molecule has 1 aromatic rings. The van der Waals surface area contributed by atoms with Crippen molar-refractivity contribution < 1.29 is 9.21 Å². The Kier molecular flexibility index (Phi) is 8.79. The van der Waals surface area contributed by atoms with Gasteiger partial charge >= 0.3 is 0 Å². The summed E-state index contributed by atoms with van der Waals surface area (Å²) in [5, 5.41) is 9.21. The molecule has 0 aliphatic heterocycles. The van der Waals surface area contributed by atoms with E-state index >= 15 is 0 Å². The lowest BCUT2D eigenvalue weighted by atomic mass is 10.1. The maximum atomic E-state index is 11.6. The second-order valence-corrected chi connectivity index (χ2v) is 5.55. The smallest absolute Gasteiger partial charge is 0.287 e. The number of aliphatic imine (C=N–C) groups is 1. The molecule has 6 nitrogen and oxygen atoms in total. The zero-order valence-corrected chi connectivity index (χ0v) is 13.8. The van der Waals surface area contributed by atoms with E-state index in [-0.39, 0.29) is 5.91 Å². The van der Waals surface area contributed by atoms with Crippen molar-refractivity contribution in [1.82, 2.24) is 16.0 Å². The van der Waals surface area contributed by atoms with Gasteiger partial charge in [0.05, 0.1) is 6.26 Å². The molecule has 0 saturated heterocycles. The van der Waals surface area contributed by atoms with Gasteiger partial charge in [0.1, 0.15) is 0 Å². The van der Waals surface area contributed by atoms with Crippen molar-refractivity contribution in [1.29, 1.82) is 0 Å². The van der Waals surface area contributed by atoms with Crippen LogP contribution in [0.4, 0.5) is 0 Å². The van der Waals surface area contributed by atoms with Crippen molar-refractivity contribution in [3.63, 3.8) is 0 Å². The number of amides is 1. The third kappa shape index (κ3) is 7.71. The van der Waals surface area contributed by atoms with Crippen LogP contribution < -0.4 is 16.0 Å². The average molecular weight is 308 g/mol. The van der Waals surface area contributed by atoms with Crippen LogP contribution in [0.1, 0.15) is 43.7 Å². The van der Waals surface area contributed by atoms with Gasteiger partial charge in [-0.2, -0.15) is 0 Å². The number of carbonyl (C=O) groups is 1. The van der Waals surface area contributed by atoms with Crippen molar-refractivity contribution >= 4 is 11.9 Å². The molecule has 1 rings (SSSR count). The molecule has 6 heteroatoms. The molecule has 0 unspecified atom stereocenters. The fraction of sp³-hybridized carbons (Fsp3) is 0.625. The number of rotatable bonds is 9. The van der Waals surface area contributed by atoms with Gasteiger partial charge < -0.3 is 20.4 Å². The van der Waals surface area contributed by atoms with E-state index in [0.717, 1.165) is 24.8 Å². The molecular formula is C16H28N4O2. The molecule has 0 aromatic carbocycles. The first-order valence-corrected chi connectivity index (χ1v) is 7.89. The standard InChI is InChI=1S/C16H28N4O2/c1-13(2)7-4-5-9-19-16(17-3)20-11-10-18-15(21)14-8-6-12-22-14/h6,8,12-13H,4-5,7,9-11H2,1-3H3,(H,18,21)(H2,17,19,20). The van der Waals surface area contributed by atoms with Crippen LogP contribution in [0.3, 0.4) is 0 Å². The van der Waals surface area contributed by atoms with Crippen LogP contribution >= 0.6 is 0 Å². The molecule has 124 valence electrons. The van der Waals surface area contributed by atoms with Crippen molar-refractivity contribution in [2.45, 2.75) is 33.1 Å². The number of unbranched alkanes of at least 4 members (excludes halogenated alkanes) is 1. The van der Waals surface area contributed by atoms with Crippen LogP contribution in [0.5, 0.6) is 0 Å². The fourth-order valence-corrected chi connectivity index (χ4v) is 1.96. The molecule has 0 spiro atoms. The number of guanidine groups is 1. The fourth-order valence-electron chi connectivity index (χ4n) is 1.96. The molecule has 1 heterocycles. The SMILES string of the molecule is CN=C(NCCCCC(C)C)NCCNC(=O)c1ccco1. The van der Waals surface area contributed by atoms with Gasteiger partial charge in [-0.1, -0.05) is 26.7 Å². The maximum Gasteiger partial charge on any atom is 0.287 e. The number of hydrogen-bond donors (Lipinski definition) is 3. The Labute approximate surface area is 132 Å². The number of nitrogens with zero attached hydrogens (tertiary/aromatic N) is 1. The van der Waals surface area contributed by atoms with Gasteiger partial charge in [0.25, 0.3) is 5.91 Å². The summed E-state index contributed by atoms with van der Waals surface area (Å²) in [6, 6.07) is 3.33. The highest BCUT2D eigenvalue weighted by Gasteiger charge is 2.06. The Morgan fingerprint density at radius 3 is 2.55 bits per heavy atom. The van der Waals surface area contributed by atoms with Gasteiger partial charge in [-0.05, 0) is 24.5 Å². The normalized spacial score (nSPS) is 11.5. The molecule has 0 bridgehead atoms. The minimum atomic E-state index is -0.205. The summed E-state index contributed by atoms with van der Waals surface area (Å²) < 4.78 is 5.02. The third-order valence-corrected chi connectivity index (χ3v) is 3.17. The van der Waals surface area contributed by atoms with E-state index in [4.69, 9.17) is 4.42 Å². The van der Waals surface area contributed by atoms with E-state index in [1.54, 1.807) is 19.2 Å². The Balaban J connectivity index is 2.07. The van der Waals surface area contributed by atoms with Crippen molar-refractivity contribution in [3.05, 3.63) is 24.2 Å².